The van der Waals surface area contributed by atoms with Crippen LogP contribution in [-0.4, -0.2) is 44.4 Å². The summed E-state index contributed by atoms with van der Waals surface area (Å²) in [5.41, 5.74) is 0.872. The minimum absolute atomic E-state index is 0.00999. The van der Waals surface area contributed by atoms with Gasteiger partial charge in [0.15, 0.2) is 11.2 Å². The lowest BCUT2D eigenvalue weighted by atomic mass is 9.94. The Bertz CT molecular complexity index is 1110. The summed E-state index contributed by atoms with van der Waals surface area (Å²) in [7, 11) is 0. The van der Waals surface area contributed by atoms with Crippen LogP contribution in [0.2, 0.25) is 0 Å². The van der Waals surface area contributed by atoms with Gasteiger partial charge in [0.05, 0.1) is 29.6 Å². The van der Waals surface area contributed by atoms with Crippen molar-refractivity contribution < 1.29 is 18.8 Å². The maximum atomic E-state index is 13.0. The van der Waals surface area contributed by atoms with Gasteiger partial charge in [0.1, 0.15) is 5.82 Å². The first-order valence-electron chi connectivity index (χ1n) is 8.40. The van der Waals surface area contributed by atoms with E-state index in [4.69, 9.17) is 0 Å². The molecule has 0 bridgehead atoms. The number of aryl methyl sites for hydroxylation is 1. The van der Waals surface area contributed by atoms with Gasteiger partial charge in [0, 0.05) is 4.88 Å². The molecule has 0 aliphatic carbocycles. The summed E-state index contributed by atoms with van der Waals surface area (Å²) in [6.07, 6.45) is 1.24. The van der Waals surface area contributed by atoms with Crippen molar-refractivity contribution in [3.63, 3.8) is 0 Å². The number of benzene rings is 1. The number of aromatic nitrogens is 4. The standard InChI is InChI=1S/C17H14FN7O3S/c1-9-13(20-8-29-9)17(15(27)22-16(28)23-17)7-19-14(26)12-6-21-25(24-12)11-4-2-10(18)3-5-11/h2-6,8H,7H2,1H3,(H,19,26)(H2,22,23,27,28). The second kappa shape index (κ2) is 7.05. The van der Waals surface area contributed by atoms with Crippen molar-refractivity contribution in [1.82, 2.24) is 35.9 Å². The van der Waals surface area contributed by atoms with Crippen molar-refractivity contribution >= 4 is 29.2 Å². The van der Waals surface area contributed by atoms with E-state index in [1.807, 2.05) is 0 Å². The van der Waals surface area contributed by atoms with E-state index in [-0.39, 0.29) is 12.2 Å². The Balaban J connectivity index is 1.54. The molecule has 1 aliphatic rings. The number of amides is 4. The summed E-state index contributed by atoms with van der Waals surface area (Å²) in [6, 6.07) is 4.77. The molecule has 148 valence electrons. The Morgan fingerprint density at radius 2 is 2.07 bits per heavy atom. The molecule has 12 heteroatoms. The number of hydrogen-bond acceptors (Lipinski definition) is 7. The molecule has 4 amide bonds. The molecule has 1 atom stereocenters. The van der Waals surface area contributed by atoms with Crippen molar-refractivity contribution in [3.05, 3.63) is 58.1 Å². The predicted octanol–water partition coefficient (Wildman–Crippen LogP) is 0.636. The average molecular weight is 415 g/mol. The lowest BCUT2D eigenvalue weighted by Gasteiger charge is -2.25. The van der Waals surface area contributed by atoms with Crippen LogP contribution in [0, 0.1) is 12.7 Å². The van der Waals surface area contributed by atoms with Gasteiger partial charge < -0.3 is 10.6 Å². The van der Waals surface area contributed by atoms with Gasteiger partial charge in [-0.15, -0.1) is 16.4 Å². The molecule has 1 saturated heterocycles. The van der Waals surface area contributed by atoms with Crippen LogP contribution in [0.25, 0.3) is 5.69 Å². The highest BCUT2D eigenvalue weighted by atomic mass is 32.1. The highest BCUT2D eigenvalue weighted by molar-refractivity contribution is 7.09. The molecule has 1 fully saturated rings. The van der Waals surface area contributed by atoms with Crippen LogP contribution in [0.4, 0.5) is 9.18 Å². The van der Waals surface area contributed by atoms with Crippen molar-refractivity contribution in [1.29, 1.82) is 0 Å². The van der Waals surface area contributed by atoms with E-state index in [1.54, 1.807) is 12.4 Å². The number of nitrogens with one attached hydrogen (secondary N) is 3. The zero-order chi connectivity index (χ0) is 20.6. The number of thiazole rings is 1. The molecule has 29 heavy (non-hydrogen) atoms. The number of nitrogens with zero attached hydrogens (tertiary/aromatic N) is 4. The van der Waals surface area contributed by atoms with Gasteiger partial charge in [-0.1, -0.05) is 0 Å². The molecule has 1 aliphatic heterocycles. The molecular formula is C17H14FN7O3S. The van der Waals surface area contributed by atoms with Crippen LogP contribution in [0.1, 0.15) is 21.1 Å². The van der Waals surface area contributed by atoms with Gasteiger partial charge in [-0.05, 0) is 31.2 Å². The van der Waals surface area contributed by atoms with Gasteiger partial charge in [0.25, 0.3) is 11.8 Å². The molecule has 3 heterocycles. The summed E-state index contributed by atoms with van der Waals surface area (Å²) >= 11 is 1.32. The Morgan fingerprint density at radius 3 is 2.69 bits per heavy atom. The number of carbonyl (C=O) groups excluding carboxylic acids is 3. The van der Waals surface area contributed by atoms with Gasteiger partial charge >= 0.3 is 6.03 Å². The maximum absolute atomic E-state index is 13.0. The fourth-order valence-electron chi connectivity index (χ4n) is 2.95. The van der Waals surface area contributed by atoms with E-state index in [2.05, 4.69) is 31.1 Å². The van der Waals surface area contributed by atoms with Crippen LogP contribution in [0.5, 0.6) is 0 Å². The first-order valence-corrected chi connectivity index (χ1v) is 9.28. The molecule has 10 nitrogen and oxygen atoms in total. The van der Waals surface area contributed by atoms with Gasteiger partial charge in [-0.3, -0.25) is 14.9 Å². The number of rotatable bonds is 5. The third kappa shape index (κ3) is 3.33. The zero-order valence-corrected chi connectivity index (χ0v) is 15.8. The minimum Gasteiger partial charge on any atom is -0.347 e. The average Bonchev–Trinajstić information content (AvgIpc) is 3.40. The topological polar surface area (TPSA) is 131 Å². The van der Waals surface area contributed by atoms with Crippen LogP contribution < -0.4 is 16.0 Å². The van der Waals surface area contributed by atoms with E-state index in [1.165, 1.54) is 46.6 Å². The van der Waals surface area contributed by atoms with E-state index in [0.717, 1.165) is 4.88 Å². The molecule has 0 radical (unpaired) electrons. The van der Waals surface area contributed by atoms with Crippen molar-refractivity contribution in [3.8, 4) is 5.69 Å². The van der Waals surface area contributed by atoms with Crippen LogP contribution >= 0.6 is 11.3 Å². The number of carbonyl (C=O) groups is 3. The molecule has 2 aromatic heterocycles. The molecule has 0 spiro atoms. The number of hydrogen-bond donors (Lipinski definition) is 3. The minimum atomic E-state index is -1.51. The third-order valence-corrected chi connectivity index (χ3v) is 5.14. The summed E-state index contributed by atoms with van der Waals surface area (Å²) < 4.78 is 13.0. The number of urea groups is 1. The Morgan fingerprint density at radius 1 is 1.31 bits per heavy atom. The molecular weight excluding hydrogens is 401 g/mol. The van der Waals surface area contributed by atoms with Gasteiger partial charge in [-0.25, -0.2) is 14.2 Å². The molecule has 4 rings (SSSR count). The fourth-order valence-corrected chi connectivity index (χ4v) is 3.61. The number of imide groups is 1. The quantitative estimate of drug-likeness (QED) is 0.524. The fraction of sp³-hybridized carbons (Fsp3) is 0.176. The monoisotopic (exact) mass is 415 g/mol. The van der Waals surface area contributed by atoms with E-state index in [9.17, 15) is 18.8 Å². The summed E-state index contributed by atoms with van der Waals surface area (Å²) in [4.78, 5) is 42.9. The third-order valence-electron chi connectivity index (χ3n) is 4.39. The van der Waals surface area contributed by atoms with Crippen LogP contribution in [0.15, 0.2) is 36.0 Å². The summed E-state index contributed by atoms with van der Waals surface area (Å²) in [5, 5.41) is 15.4. The van der Waals surface area contributed by atoms with Crippen LogP contribution in [0.3, 0.4) is 0 Å². The lowest BCUT2D eigenvalue weighted by Crippen LogP contribution is -2.53. The SMILES string of the molecule is Cc1scnc1C1(CNC(=O)c2cnn(-c3ccc(F)cc3)n2)NC(=O)NC1=O. The summed E-state index contributed by atoms with van der Waals surface area (Å²) in [5.74, 6) is -1.61. The van der Waals surface area contributed by atoms with Crippen molar-refractivity contribution in [2.24, 2.45) is 0 Å². The van der Waals surface area contributed by atoms with Gasteiger partial charge in [-0.2, -0.15) is 9.90 Å². The first-order chi connectivity index (χ1) is 13.9. The zero-order valence-electron chi connectivity index (χ0n) is 15.0. The van der Waals surface area contributed by atoms with Crippen LogP contribution in [-0.2, 0) is 10.3 Å². The second-order valence-electron chi connectivity index (χ2n) is 6.25. The van der Waals surface area contributed by atoms with Gasteiger partial charge in [0.2, 0.25) is 0 Å². The number of halogens is 1. The molecule has 1 unspecified atom stereocenters. The Hall–Kier alpha value is -3.67. The first kappa shape index (κ1) is 18.7. The highest BCUT2D eigenvalue weighted by Crippen LogP contribution is 2.28. The summed E-state index contributed by atoms with van der Waals surface area (Å²) in [6.45, 7) is 1.54. The van der Waals surface area contributed by atoms with E-state index in [0.29, 0.717) is 11.4 Å². The molecule has 0 saturated carbocycles. The Kier molecular flexibility index (Phi) is 4.54. The molecule has 3 N–H and O–H groups in total. The normalized spacial score (nSPS) is 18.4. The largest absolute Gasteiger partial charge is 0.347 e. The van der Waals surface area contributed by atoms with E-state index < -0.39 is 29.2 Å². The molecule has 1 aromatic carbocycles. The Labute approximate surface area is 167 Å². The molecule has 3 aromatic rings. The van der Waals surface area contributed by atoms with E-state index >= 15 is 0 Å². The van der Waals surface area contributed by atoms with Crippen molar-refractivity contribution in [2.45, 2.75) is 12.5 Å². The van der Waals surface area contributed by atoms with Crippen molar-refractivity contribution in [2.75, 3.05) is 6.54 Å². The second-order valence-corrected chi connectivity index (χ2v) is 7.31. The predicted molar refractivity (Wildman–Crippen MR) is 98.9 cm³/mol. The maximum Gasteiger partial charge on any atom is 0.322 e. The lowest BCUT2D eigenvalue weighted by molar-refractivity contribution is -0.124. The smallest absolute Gasteiger partial charge is 0.322 e. The highest BCUT2D eigenvalue weighted by Gasteiger charge is 2.50.